The lowest BCUT2D eigenvalue weighted by Gasteiger charge is -2.42. The fourth-order valence-electron chi connectivity index (χ4n) is 6.00. The van der Waals surface area contributed by atoms with E-state index >= 15 is 0 Å². The van der Waals surface area contributed by atoms with E-state index in [1.807, 2.05) is 37.3 Å². The van der Waals surface area contributed by atoms with Gasteiger partial charge in [-0.15, -0.1) is 0 Å². The molecule has 15 nitrogen and oxygen atoms in total. The van der Waals surface area contributed by atoms with E-state index in [4.69, 9.17) is 25.3 Å². The van der Waals surface area contributed by atoms with Crippen LogP contribution >= 0.6 is 11.6 Å². The molecule has 2 aromatic rings. The van der Waals surface area contributed by atoms with Crippen LogP contribution in [0.25, 0.3) is 11.4 Å². The molecule has 1 saturated heterocycles. The quantitative estimate of drug-likeness (QED) is 0.152. The molecular formula is C37H55ClN6O9S. The Hall–Kier alpha value is -3.57. The molecule has 4 rings (SSSR count). The maximum absolute atomic E-state index is 14.5. The largest absolute Gasteiger partial charge is 0.472 e. The van der Waals surface area contributed by atoms with Gasteiger partial charge in [-0.25, -0.2) is 9.78 Å². The third-order valence-corrected chi connectivity index (χ3v) is 11.1. The van der Waals surface area contributed by atoms with Gasteiger partial charge in [0.25, 0.3) is 0 Å². The summed E-state index contributed by atoms with van der Waals surface area (Å²) in [5.74, 6) is -1.30. The maximum Gasteiger partial charge on any atom is 0.408 e. The molecule has 1 aromatic carbocycles. The van der Waals surface area contributed by atoms with E-state index in [9.17, 15) is 27.9 Å². The minimum absolute atomic E-state index is 0.0248. The molecular weight excluding hydrogens is 740 g/mol. The molecule has 0 spiro atoms. The molecule has 1 saturated carbocycles. The van der Waals surface area contributed by atoms with Gasteiger partial charge in [0.1, 0.15) is 35.2 Å². The first-order valence-electron chi connectivity index (χ1n) is 18.1. The van der Waals surface area contributed by atoms with Gasteiger partial charge in [-0.3, -0.25) is 13.8 Å². The van der Waals surface area contributed by atoms with Crippen molar-refractivity contribution in [2.75, 3.05) is 6.54 Å². The van der Waals surface area contributed by atoms with Crippen molar-refractivity contribution in [1.82, 2.24) is 30.2 Å². The number of carbonyl (C=O) groups is 3. The summed E-state index contributed by atoms with van der Waals surface area (Å²) in [6, 6.07) is 8.25. The zero-order valence-corrected chi connectivity index (χ0v) is 34.3. The number of carbonyl (C=O) groups excluding carboxylic acids is 3. The highest BCUT2D eigenvalue weighted by Gasteiger charge is 2.50. The van der Waals surface area contributed by atoms with Crippen LogP contribution < -0.4 is 20.1 Å². The molecule has 6 atom stereocenters. The van der Waals surface area contributed by atoms with Crippen molar-refractivity contribution in [3.05, 3.63) is 41.6 Å². The fraction of sp³-hybridized carbons (Fsp3) is 0.649. The second-order valence-corrected chi connectivity index (χ2v) is 18.4. The Labute approximate surface area is 323 Å². The van der Waals surface area contributed by atoms with Gasteiger partial charge in [0.05, 0.1) is 17.7 Å². The van der Waals surface area contributed by atoms with Gasteiger partial charge in [-0.2, -0.15) is 18.1 Å². The van der Waals surface area contributed by atoms with E-state index < -0.39 is 80.7 Å². The third-order valence-electron chi connectivity index (χ3n) is 9.73. The molecule has 54 heavy (non-hydrogen) atoms. The Balaban J connectivity index is 1.67. The zero-order chi connectivity index (χ0) is 40.4. The first-order chi connectivity index (χ1) is 24.8. The molecule has 1 unspecified atom stereocenters. The normalized spacial score (nSPS) is 21.3. The number of aliphatic hydroxyl groups is 1. The van der Waals surface area contributed by atoms with Gasteiger partial charge in [-0.05, 0) is 58.8 Å². The molecule has 2 fully saturated rings. The minimum atomic E-state index is -4.41. The topological polar surface area (TPSA) is 198 Å². The molecule has 1 aliphatic carbocycles. The molecule has 2 aliphatic rings. The monoisotopic (exact) mass is 794 g/mol. The highest BCUT2D eigenvalue weighted by atomic mass is 35.5. The predicted molar refractivity (Wildman–Crippen MR) is 202 cm³/mol. The minimum Gasteiger partial charge on any atom is -0.472 e. The van der Waals surface area contributed by atoms with Crippen LogP contribution in [0.3, 0.4) is 0 Å². The summed E-state index contributed by atoms with van der Waals surface area (Å²) in [5.41, 5.74) is -3.40. The predicted octanol–water partition coefficient (Wildman–Crippen LogP) is 4.73. The number of hydrogen-bond donors (Lipinski definition) is 4. The number of halogens is 1. The Morgan fingerprint density at radius 1 is 1.07 bits per heavy atom. The summed E-state index contributed by atoms with van der Waals surface area (Å²) in [7, 11) is -4.41. The standard InChI is InChI=1S/C37H55ClN6O9S/c1-11-22(2)37(10,32(47)43-54(49,50)53-36(9)17-18-36)42-30(45)25-19-24(51-27-20-26(38)39-29(40-27)23-15-13-12-14-16-23)21-44(25)31(46)28(34(3,4)5)41-33(48)52-35(6,7)8/h12-16,20,22,24-25,28,32,43,47H,11,17-19,21H2,1-10H3,(H,41,48)(H,42,45)/t22-,24+,25-,28+,32?,37+/m0/s1. The van der Waals surface area contributed by atoms with Crippen molar-refractivity contribution in [3.8, 4) is 17.3 Å². The van der Waals surface area contributed by atoms with Crippen LogP contribution in [0.4, 0.5) is 4.79 Å². The average Bonchev–Trinajstić information content (AvgIpc) is 3.61. The van der Waals surface area contributed by atoms with Gasteiger partial charge in [0.15, 0.2) is 5.82 Å². The summed E-state index contributed by atoms with van der Waals surface area (Å²) < 4.78 is 45.0. The SMILES string of the molecule is CC[C@H](C)[C@@](C)(NC(=O)[C@@H]1C[C@@H](Oc2cc(Cl)nc(-c3ccccc3)n2)CN1C(=O)[C@@H](NC(=O)OC(C)(C)C)C(C)(C)C)C(O)NS(=O)(=O)OC1(C)CC1. The average molecular weight is 795 g/mol. The van der Waals surface area contributed by atoms with Crippen LogP contribution in [0.2, 0.25) is 5.15 Å². The first kappa shape index (κ1) is 43.2. The molecule has 1 aromatic heterocycles. The fourth-order valence-corrected chi connectivity index (χ4v) is 7.44. The van der Waals surface area contributed by atoms with E-state index in [1.54, 1.807) is 55.4 Å². The lowest BCUT2D eigenvalue weighted by molar-refractivity contribution is -0.143. The van der Waals surface area contributed by atoms with E-state index in [0.717, 1.165) is 0 Å². The van der Waals surface area contributed by atoms with E-state index in [2.05, 4.69) is 25.3 Å². The maximum atomic E-state index is 14.5. The smallest absolute Gasteiger partial charge is 0.408 e. The summed E-state index contributed by atoms with van der Waals surface area (Å²) >= 11 is 6.37. The van der Waals surface area contributed by atoms with Crippen LogP contribution in [0.15, 0.2) is 36.4 Å². The number of aliphatic hydroxyl groups excluding tert-OH is 1. The number of aromatic nitrogens is 2. The molecule has 300 valence electrons. The number of ether oxygens (including phenoxy) is 2. The van der Waals surface area contributed by atoms with Crippen LogP contribution in [-0.4, -0.2) is 94.0 Å². The number of likely N-dealkylation sites (tertiary alicyclic amines) is 1. The summed E-state index contributed by atoms with van der Waals surface area (Å²) in [6.45, 7) is 17.1. The summed E-state index contributed by atoms with van der Waals surface area (Å²) in [4.78, 5) is 52.1. The molecule has 3 amide bonds. The number of amides is 3. The number of alkyl carbamates (subject to hydrolysis) is 1. The molecule has 4 N–H and O–H groups in total. The van der Waals surface area contributed by atoms with Gasteiger partial charge >= 0.3 is 16.4 Å². The summed E-state index contributed by atoms with van der Waals surface area (Å²) in [6.07, 6.45) is -1.89. The van der Waals surface area contributed by atoms with Gasteiger partial charge in [0, 0.05) is 18.1 Å². The molecule has 17 heteroatoms. The Morgan fingerprint density at radius 3 is 2.26 bits per heavy atom. The van der Waals surface area contributed by atoms with Crippen molar-refractivity contribution in [2.24, 2.45) is 11.3 Å². The van der Waals surface area contributed by atoms with Gasteiger partial charge < -0.3 is 30.1 Å². The second-order valence-electron chi connectivity index (χ2n) is 16.7. The van der Waals surface area contributed by atoms with Gasteiger partial charge in [-0.1, -0.05) is 83.0 Å². The lowest BCUT2D eigenvalue weighted by Crippen LogP contribution is -2.66. The van der Waals surface area contributed by atoms with Crippen molar-refractivity contribution < 1.29 is 41.6 Å². The third kappa shape index (κ3) is 11.2. The van der Waals surface area contributed by atoms with Crippen LogP contribution in [0, 0.1) is 11.3 Å². The Kier molecular flexibility index (Phi) is 13.0. The number of nitrogens with one attached hydrogen (secondary N) is 3. The number of rotatable bonds is 14. The van der Waals surface area contributed by atoms with Crippen LogP contribution in [-0.2, 0) is 28.8 Å². The zero-order valence-electron chi connectivity index (χ0n) is 32.7. The van der Waals surface area contributed by atoms with Crippen LogP contribution in [0.5, 0.6) is 5.88 Å². The van der Waals surface area contributed by atoms with Gasteiger partial charge in [0.2, 0.25) is 17.7 Å². The Bertz CT molecular complexity index is 1780. The molecule has 2 heterocycles. The number of nitrogens with zero attached hydrogens (tertiary/aromatic N) is 3. The van der Waals surface area contributed by atoms with Crippen molar-refractivity contribution in [3.63, 3.8) is 0 Å². The van der Waals surface area contributed by atoms with Crippen molar-refractivity contribution in [2.45, 2.75) is 136 Å². The first-order valence-corrected chi connectivity index (χ1v) is 19.9. The van der Waals surface area contributed by atoms with E-state index in [0.29, 0.717) is 30.7 Å². The summed E-state index contributed by atoms with van der Waals surface area (Å²) in [5, 5.41) is 17.1. The number of benzene rings is 1. The van der Waals surface area contributed by atoms with Crippen molar-refractivity contribution in [1.29, 1.82) is 0 Å². The van der Waals surface area contributed by atoms with E-state index in [1.165, 1.54) is 17.9 Å². The Morgan fingerprint density at radius 2 is 1.70 bits per heavy atom. The molecule has 1 aliphatic heterocycles. The second kappa shape index (κ2) is 16.3. The number of hydrogen-bond acceptors (Lipinski definition) is 11. The van der Waals surface area contributed by atoms with Crippen LogP contribution in [0.1, 0.15) is 94.9 Å². The highest BCUT2D eigenvalue weighted by Crippen LogP contribution is 2.40. The lowest BCUT2D eigenvalue weighted by atomic mass is 9.83. The molecule has 0 radical (unpaired) electrons. The highest BCUT2D eigenvalue weighted by molar-refractivity contribution is 7.84. The van der Waals surface area contributed by atoms with Crippen molar-refractivity contribution >= 4 is 39.8 Å². The van der Waals surface area contributed by atoms with E-state index in [-0.39, 0.29) is 24.0 Å². The molecule has 0 bridgehead atoms.